The Hall–Kier alpha value is -9.45. The van der Waals surface area contributed by atoms with Crippen LogP contribution in [0.25, 0.3) is 144 Å². The molecule has 70 heavy (non-hydrogen) atoms. The van der Waals surface area contributed by atoms with Crippen LogP contribution in [0.3, 0.4) is 0 Å². The first-order chi connectivity index (χ1) is 34.7. The van der Waals surface area contributed by atoms with Gasteiger partial charge in [0, 0.05) is 71.1 Å². The third-order valence-electron chi connectivity index (χ3n) is 13.7. The van der Waals surface area contributed by atoms with Gasteiger partial charge in [0.1, 0.15) is 22.3 Å². The molecule has 0 bridgehead atoms. The SMILES string of the molecule is c1ccc(-c2cc(-c3ccc(-c4cccc5c4oc4ccccc45)cc3)nc(-c3ccc(-c4cccc(-c5c6c(cc7c(-c8ccccc8)nc8ccccc8c57)oc5ccccc56)c4)cc3)n2)cc1. The van der Waals surface area contributed by atoms with Crippen molar-refractivity contribution in [2.24, 2.45) is 0 Å². The lowest BCUT2D eigenvalue weighted by atomic mass is 9.88. The maximum Gasteiger partial charge on any atom is 0.160 e. The van der Waals surface area contributed by atoms with Gasteiger partial charge in [-0.1, -0.05) is 200 Å². The fraction of sp³-hybridized carbons (Fsp3) is 0. The molecular weight excluding hydrogens is 855 g/mol. The third-order valence-corrected chi connectivity index (χ3v) is 13.7. The normalized spacial score (nSPS) is 11.7. The zero-order valence-electron chi connectivity index (χ0n) is 37.7. The zero-order valence-corrected chi connectivity index (χ0v) is 37.7. The summed E-state index contributed by atoms with van der Waals surface area (Å²) in [5, 5.41) is 7.71. The van der Waals surface area contributed by atoms with Gasteiger partial charge in [-0.2, -0.15) is 0 Å². The van der Waals surface area contributed by atoms with Crippen LogP contribution in [0.4, 0.5) is 0 Å². The quantitative estimate of drug-likeness (QED) is 0.149. The number of furan rings is 2. The third kappa shape index (κ3) is 6.59. The predicted molar refractivity (Wildman–Crippen MR) is 287 cm³/mol. The van der Waals surface area contributed by atoms with Gasteiger partial charge in [-0.15, -0.1) is 0 Å². The Kier molecular flexibility index (Phi) is 9.14. The summed E-state index contributed by atoms with van der Waals surface area (Å²) in [6, 6.07) is 82.6. The van der Waals surface area contributed by atoms with Crippen molar-refractivity contribution in [1.82, 2.24) is 15.0 Å². The summed E-state index contributed by atoms with van der Waals surface area (Å²) in [5.41, 5.74) is 17.6. The second-order valence-corrected chi connectivity index (χ2v) is 17.8. The minimum Gasteiger partial charge on any atom is -0.456 e. The average Bonchev–Trinajstić information content (AvgIpc) is 4.01. The number of fused-ring (bicyclic) bond motifs is 9. The van der Waals surface area contributed by atoms with Crippen LogP contribution in [0.15, 0.2) is 245 Å². The molecule has 4 heterocycles. The second kappa shape index (κ2) is 16.1. The summed E-state index contributed by atoms with van der Waals surface area (Å²) in [6.07, 6.45) is 0. The van der Waals surface area contributed by atoms with Crippen molar-refractivity contribution in [1.29, 1.82) is 0 Å². The van der Waals surface area contributed by atoms with Gasteiger partial charge in [0.05, 0.1) is 22.6 Å². The van der Waals surface area contributed by atoms with Crippen molar-refractivity contribution in [3.63, 3.8) is 0 Å². The molecule has 10 aromatic carbocycles. The van der Waals surface area contributed by atoms with Crippen LogP contribution in [-0.2, 0) is 0 Å². The van der Waals surface area contributed by atoms with Gasteiger partial charge < -0.3 is 8.83 Å². The monoisotopic (exact) mass is 893 g/mol. The molecule has 0 aliphatic carbocycles. The molecule has 0 N–H and O–H groups in total. The molecule has 0 saturated heterocycles. The summed E-state index contributed by atoms with van der Waals surface area (Å²) < 4.78 is 13.1. The van der Waals surface area contributed by atoms with Crippen LogP contribution in [0, 0.1) is 0 Å². The van der Waals surface area contributed by atoms with E-state index in [0.717, 1.165) is 138 Å². The number of hydrogen-bond acceptors (Lipinski definition) is 5. The Morgan fingerprint density at radius 3 is 1.61 bits per heavy atom. The van der Waals surface area contributed by atoms with Crippen LogP contribution < -0.4 is 0 Å². The lowest BCUT2D eigenvalue weighted by molar-refractivity contribution is 0.669. The molecule has 0 saturated carbocycles. The van der Waals surface area contributed by atoms with Crippen LogP contribution >= 0.6 is 0 Å². The highest BCUT2D eigenvalue weighted by Gasteiger charge is 2.22. The van der Waals surface area contributed by atoms with Crippen molar-refractivity contribution in [2.75, 3.05) is 0 Å². The molecule has 5 heteroatoms. The molecule has 0 atom stereocenters. The smallest absolute Gasteiger partial charge is 0.160 e. The number of pyridine rings is 1. The van der Waals surface area contributed by atoms with Crippen molar-refractivity contribution >= 4 is 65.6 Å². The van der Waals surface area contributed by atoms with E-state index in [1.165, 1.54) is 0 Å². The highest BCUT2D eigenvalue weighted by molar-refractivity contribution is 6.28. The maximum absolute atomic E-state index is 6.67. The van der Waals surface area contributed by atoms with Crippen molar-refractivity contribution in [3.05, 3.63) is 237 Å². The van der Waals surface area contributed by atoms with Gasteiger partial charge >= 0.3 is 0 Å². The van der Waals surface area contributed by atoms with E-state index in [0.29, 0.717) is 5.82 Å². The fourth-order valence-electron chi connectivity index (χ4n) is 10.4. The Morgan fingerprint density at radius 2 is 0.843 bits per heavy atom. The van der Waals surface area contributed by atoms with E-state index in [9.17, 15) is 0 Å². The number of nitrogens with zero attached hydrogens (tertiary/aromatic N) is 3. The van der Waals surface area contributed by atoms with E-state index in [-0.39, 0.29) is 0 Å². The summed E-state index contributed by atoms with van der Waals surface area (Å²) in [7, 11) is 0. The predicted octanol–water partition coefficient (Wildman–Crippen LogP) is 17.6. The topological polar surface area (TPSA) is 65.0 Å². The van der Waals surface area contributed by atoms with Gasteiger partial charge in [-0.25, -0.2) is 15.0 Å². The van der Waals surface area contributed by atoms with Gasteiger partial charge in [0.25, 0.3) is 0 Å². The molecule has 4 aromatic heterocycles. The standard InChI is InChI=1S/C65H39N3O2/c1-3-15-42(16-4-1)55-39-56(43-33-31-41(32-34-43)48-24-14-25-50-49-21-8-11-27-57(49)70-64(48)50)68-65(67-55)45-35-29-40(30-36-45)46-19-13-20-47(37-46)60-61-51-22-7-10-26-54(51)66-63(44-17-5-2-6-18-44)53(61)38-59-62(60)52-23-9-12-28-58(52)69-59/h1-39H. The minimum atomic E-state index is 0.660. The highest BCUT2D eigenvalue weighted by Crippen LogP contribution is 2.47. The molecule has 0 fully saturated rings. The zero-order chi connectivity index (χ0) is 46.1. The number of para-hydroxylation sites is 4. The Balaban J connectivity index is 0.872. The molecule has 0 aliphatic rings. The number of aromatic nitrogens is 3. The highest BCUT2D eigenvalue weighted by atomic mass is 16.3. The van der Waals surface area contributed by atoms with Crippen LogP contribution in [-0.4, -0.2) is 15.0 Å². The average molecular weight is 894 g/mol. The van der Waals surface area contributed by atoms with E-state index >= 15 is 0 Å². The van der Waals surface area contributed by atoms with Crippen molar-refractivity contribution < 1.29 is 8.83 Å². The van der Waals surface area contributed by atoms with E-state index in [1.807, 2.05) is 42.5 Å². The fourth-order valence-corrected chi connectivity index (χ4v) is 10.4. The molecule has 0 amide bonds. The van der Waals surface area contributed by atoms with Crippen LogP contribution in [0.5, 0.6) is 0 Å². The van der Waals surface area contributed by atoms with Gasteiger partial charge in [0.15, 0.2) is 5.82 Å². The molecule has 0 aliphatic heterocycles. The Morgan fingerprint density at radius 1 is 0.286 bits per heavy atom. The van der Waals surface area contributed by atoms with Crippen LogP contribution in [0.2, 0.25) is 0 Å². The summed E-state index contributed by atoms with van der Waals surface area (Å²) in [6.45, 7) is 0. The summed E-state index contributed by atoms with van der Waals surface area (Å²) in [5.74, 6) is 0.660. The Bertz CT molecular complexity index is 4330. The maximum atomic E-state index is 6.67. The van der Waals surface area contributed by atoms with E-state index in [4.69, 9.17) is 23.8 Å². The second-order valence-electron chi connectivity index (χ2n) is 17.8. The molecule has 326 valence electrons. The van der Waals surface area contributed by atoms with Crippen molar-refractivity contribution in [3.8, 4) is 78.5 Å². The van der Waals surface area contributed by atoms with E-state index in [2.05, 4.69) is 194 Å². The largest absolute Gasteiger partial charge is 0.456 e. The molecule has 14 aromatic rings. The lowest BCUT2D eigenvalue weighted by Gasteiger charge is -2.16. The number of rotatable bonds is 7. The molecule has 0 spiro atoms. The number of benzene rings is 10. The molecule has 14 rings (SSSR count). The van der Waals surface area contributed by atoms with E-state index < -0.39 is 0 Å². The first-order valence-corrected chi connectivity index (χ1v) is 23.6. The summed E-state index contributed by atoms with van der Waals surface area (Å²) >= 11 is 0. The van der Waals surface area contributed by atoms with Gasteiger partial charge in [-0.3, -0.25) is 0 Å². The molecule has 5 nitrogen and oxygen atoms in total. The first kappa shape index (κ1) is 39.7. The molecular formula is C65H39N3O2. The van der Waals surface area contributed by atoms with Gasteiger partial charge in [-0.05, 0) is 58.7 Å². The van der Waals surface area contributed by atoms with Crippen LogP contribution in [0.1, 0.15) is 0 Å². The molecule has 0 radical (unpaired) electrons. The minimum absolute atomic E-state index is 0.660. The lowest BCUT2D eigenvalue weighted by Crippen LogP contribution is -1.96. The number of hydrogen-bond donors (Lipinski definition) is 0. The first-order valence-electron chi connectivity index (χ1n) is 23.6. The van der Waals surface area contributed by atoms with Gasteiger partial charge in [0.2, 0.25) is 0 Å². The van der Waals surface area contributed by atoms with E-state index in [1.54, 1.807) is 0 Å². The Labute approximate surface area is 402 Å². The summed E-state index contributed by atoms with van der Waals surface area (Å²) in [4.78, 5) is 15.7. The van der Waals surface area contributed by atoms with Crippen molar-refractivity contribution in [2.45, 2.75) is 0 Å². The molecule has 0 unspecified atom stereocenters.